The number of aliphatic hydroxyl groups excluding tert-OH is 3. The molecule has 0 heterocycles. The second-order valence-corrected chi connectivity index (χ2v) is 13.3. The number of primary amides is 1. The van der Waals surface area contributed by atoms with Crippen LogP contribution < -0.4 is 5.73 Å². The van der Waals surface area contributed by atoms with Gasteiger partial charge in [-0.1, -0.05) is 59.8 Å². The van der Waals surface area contributed by atoms with E-state index in [0.29, 0.717) is 16.7 Å². The Morgan fingerprint density at radius 2 is 1.62 bits per heavy atom. The minimum atomic E-state index is -2.96. The summed E-state index contributed by atoms with van der Waals surface area (Å²) in [7, 11) is 3.00. The van der Waals surface area contributed by atoms with Crippen molar-refractivity contribution in [3.63, 3.8) is 0 Å². The van der Waals surface area contributed by atoms with Gasteiger partial charge in [-0.2, -0.15) is 0 Å². The molecule has 216 valence electrons. The first kappa shape index (κ1) is 29.5. The molecule has 1 amide bonds. The van der Waals surface area contributed by atoms with Crippen molar-refractivity contribution in [1.29, 1.82) is 0 Å². The van der Waals surface area contributed by atoms with Gasteiger partial charge in [0.25, 0.3) is 5.91 Å². The van der Waals surface area contributed by atoms with Gasteiger partial charge in [0.05, 0.1) is 29.2 Å². The number of carbonyl (C=O) groups excluding carboxylic acids is 3. The fourth-order valence-electron chi connectivity index (χ4n) is 6.43. The first-order chi connectivity index (χ1) is 18.2. The van der Waals surface area contributed by atoms with Crippen LogP contribution in [0.4, 0.5) is 0 Å². The maximum Gasteiger partial charge on any atom is 0.255 e. The van der Waals surface area contributed by atoms with E-state index in [1.54, 1.807) is 18.2 Å². The molecule has 0 aromatic heterocycles. The van der Waals surface area contributed by atoms with Gasteiger partial charge in [0.2, 0.25) is 5.78 Å². The largest absolute Gasteiger partial charge is 0.510 e. The number of phenols is 1. The van der Waals surface area contributed by atoms with Crippen LogP contribution in [0.2, 0.25) is 0 Å². The zero-order valence-corrected chi connectivity index (χ0v) is 24.0. The van der Waals surface area contributed by atoms with Gasteiger partial charge in [0.15, 0.2) is 11.4 Å². The number of benzene rings is 1. The predicted molar refractivity (Wildman–Crippen MR) is 147 cm³/mol. The molecule has 0 radical (unpaired) electrons. The fourth-order valence-corrected chi connectivity index (χ4v) is 6.43. The molecule has 0 saturated carbocycles. The second-order valence-electron chi connectivity index (χ2n) is 13.3. The monoisotopic (exact) mass is 554 g/mol. The van der Waals surface area contributed by atoms with E-state index in [1.165, 1.54) is 19.0 Å². The Morgan fingerprint density at radius 3 is 2.10 bits per heavy atom. The minimum Gasteiger partial charge on any atom is -0.510 e. The number of hydrogen-bond acceptors (Lipinski definition) is 9. The molecule has 40 heavy (non-hydrogen) atoms. The molecule has 0 fully saturated rings. The van der Waals surface area contributed by atoms with Crippen molar-refractivity contribution < 1.29 is 39.9 Å². The number of aromatic hydroxyl groups is 1. The summed E-state index contributed by atoms with van der Waals surface area (Å²) in [4.78, 5) is 41.3. The number of hydrogen-bond donors (Lipinski definition) is 6. The Labute approximate surface area is 233 Å². The fraction of sp³-hybridized carbons (Fsp3) is 0.500. The highest BCUT2D eigenvalue weighted by molar-refractivity contribution is 6.25. The van der Waals surface area contributed by atoms with Gasteiger partial charge in [-0.05, 0) is 36.1 Å². The molecule has 0 bridgehead atoms. The maximum atomic E-state index is 14.1. The molecule has 7 N–H and O–H groups in total. The molecule has 10 heteroatoms. The van der Waals surface area contributed by atoms with Gasteiger partial charge in [-0.25, -0.2) is 0 Å². The molecule has 0 unspecified atom stereocenters. The van der Waals surface area contributed by atoms with E-state index < -0.39 is 80.6 Å². The Kier molecular flexibility index (Phi) is 6.66. The number of Topliss-reactive ketones (excluding diaryl/α,β-unsaturated/α-hetero) is 2. The average molecular weight is 555 g/mol. The summed E-state index contributed by atoms with van der Waals surface area (Å²) in [6.45, 7) is 11.3. The van der Waals surface area contributed by atoms with Crippen LogP contribution >= 0.6 is 0 Å². The van der Waals surface area contributed by atoms with Gasteiger partial charge in [-0.15, -0.1) is 0 Å². The van der Waals surface area contributed by atoms with Crippen LogP contribution in [0.15, 0.2) is 40.9 Å². The van der Waals surface area contributed by atoms with Crippen molar-refractivity contribution in [3.8, 4) is 5.75 Å². The van der Waals surface area contributed by atoms with Crippen molar-refractivity contribution in [2.45, 2.75) is 64.7 Å². The summed E-state index contributed by atoms with van der Waals surface area (Å²) >= 11 is 0. The third-order valence-corrected chi connectivity index (χ3v) is 8.06. The van der Waals surface area contributed by atoms with Gasteiger partial charge < -0.3 is 31.3 Å². The Morgan fingerprint density at radius 1 is 1.05 bits per heavy atom. The second kappa shape index (κ2) is 9.02. The quantitative estimate of drug-likeness (QED) is 0.299. The summed E-state index contributed by atoms with van der Waals surface area (Å²) in [5.41, 5.74) is 1.04. The third-order valence-electron chi connectivity index (χ3n) is 8.06. The van der Waals surface area contributed by atoms with Crippen LogP contribution in [0.1, 0.15) is 63.0 Å². The molecule has 1 aromatic carbocycles. The van der Waals surface area contributed by atoms with E-state index >= 15 is 0 Å². The summed E-state index contributed by atoms with van der Waals surface area (Å²) in [5, 5.41) is 57.8. The number of carbonyl (C=O) groups is 3. The highest BCUT2D eigenvalue weighted by Crippen LogP contribution is 2.56. The molecule has 10 nitrogen and oxygen atoms in total. The Balaban J connectivity index is 2.16. The number of nitrogens with two attached hydrogens (primary N) is 1. The topological polar surface area (TPSA) is 182 Å². The molecular weight excluding hydrogens is 516 g/mol. The number of phenolic OH excluding ortho intramolecular Hbond substituents is 1. The molecule has 1 aromatic rings. The van der Waals surface area contributed by atoms with Crippen molar-refractivity contribution in [2.24, 2.45) is 23.0 Å². The summed E-state index contributed by atoms with van der Waals surface area (Å²) in [6.07, 6.45) is 0.110. The minimum absolute atomic E-state index is 0.129. The first-order valence-corrected chi connectivity index (χ1v) is 13.1. The van der Waals surface area contributed by atoms with Crippen molar-refractivity contribution in [1.82, 2.24) is 4.90 Å². The van der Waals surface area contributed by atoms with Crippen LogP contribution in [0.25, 0.3) is 5.57 Å². The summed E-state index contributed by atoms with van der Waals surface area (Å²) in [5.74, 6) is -8.56. The zero-order chi connectivity index (χ0) is 30.4. The molecule has 3 aliphatic rings. The van der Waals surface area contributed by atoms with Crippen molar-refractivity contribution in [3.05, 3.63) is 57.6 Å². The Bertz CT molecular complexity index is 1440. The zero-order valence-electron chi connectivity index (χ0n) is 24.0. The molecule has 5 atom stereocenters. The Hall–Kier alpha value is -3.47. The van der Waals surface area contributed by atoms with E-state index in [0.717, 1.165) is 0 Å². The van der Waals surface area contributed by atoms with E-state index in [1.807, 2.05) is 41.5 Å². The van der Waals surface area contributed by atoms with Crippen LogP contribution in [0.5, 0.6) is 5.75 Å². The number of nitrogens with zero attached hydrogens (tertiary/aromatic N) is 1. The van der Waals surface area contributed by atoms with Crippen LogP contribution in [-0.2, 0) is 15.0 Å². The normalized spacial score (nSPS) is 30.0. The number of aliphatic hydroxyl groups is 4. The van der Waals surface area contributed by atoms with E-state index in [-0.39, 0.29) is 11.3 Å². The van der Waals surface area contributed by atoms with Gasteiger partial charge in [-0.3, -0.25) is 19.3 Å². The van der Waals surface area contributed by atoms with Crippen LogP contribution in [-0.4, -0.2) is 79.7 Å². The number of likely N-dealkylation sites (N-methyl/N-ethyl adjacent to an activating group) is 1. The van der Waals surface area contributed by atoms with Crippen molar-refractivity contribution in [2.75, 3.05) is 14.1 Å². The average Bonchev–Trinajstić information content (AvgIpc) is 2.78. The first-order valence-electron chi connectivity index (χ1n) is 13.1. The third kappa shape index (κ3) is 4.00. The number of amides is 1. The predicted octanol–water partition coefficient (Wildman–Crippen LogP) is 2.28. The smallest absolute Gasteiger partial charge is 0.255 e. The van der Waals surface area contributed by atoms with Gasteiger partial charge in [0.1, 0.15) is 22.8 Å². The molecule has 4 rings (SSSR count). The molecule has 0 saturated heterocycles. The lowest BCUT2D eigenvalue weighted by molar-refractivity contribution is -0.159. The molecular formula is C30H38N2O8. The van der Waals surface area contributed by atoms with Crippen molar-refractivity contribution >= 4 is 23.0 Å². The van der Waals surface area contributed by atoms with E-state index in [2.05, 4.69) is 0 Å². The summed E-state index contributed by atoms with van der Waals surface area (Å²) < 4.78 is 0. The lowest BCUT2D eigenvalue weighted by Crippen LogP contribution is -2.68. The van der Waals surface area contributed by atoms with Crippen LogP contribution in [0.3, 0.4) is 0 Å². The standard InChI is InChI=1S/C30H38N2O8/c1-28(2,3)11-13-12-9-10-14(29(4,5)6)21(33)16(12)22(34)17-15(13)23(35)19-20(32(7)8)24(36)18(27(31)39)26(38)30(19,40)25(17)37/h9-11,15,19-20,23,33,35-37,40H,1-8H3,(H2,31,39)/b13-11+/t15-,19-,20+,23+,30+/m1/s1. The van der Waals surface area contributed by atoms with E-state index in [9.17, 15) is 39.9 Å². The lowest BCUT2D eigenvalue weighted by Gasteiger charge is -2.53. The number of ketones is 2. The molecule has 0 spiro atoms. The number of fused-ring (bicyclic) bond motifs is 3. The van der Waals surface area contributed by atoms with E-state index in [4.69, 9.17) is 5.73 Å². The number of allylic oxidation sites excluding steroid dienone is 1. The molecule has 3 aliphatic carbocycles. The lowest BCUT2D eigenvalue weighted by atomic mass is 9.55. The van der Waals surface area contributed by atoms with Crippen LogP contribution in [0, 0.1) is 17.3 Å². The highest BCUT2D eigenvalue weighted by Gasteiger charge is 2.67. The summed E-state index contributed by atoms with van der Waals surface area (Å²) in [6, 6.07) is 2.07. The SMILES string of the molecule is CN(C)[C@@H]1C(O)=C(C(N)=O)C(=O)[C@@]2(O)C(O)=C3C(=O)c4c(ccc(C(C)(C)C)c4O)/C(=C\C(C)(C)C)[C@H]3[C@H](O)[C@@H]12. The number of rotatable bonds is 2. The highest BCUT2D eigenvalue weighted by atomic mass is 16.4. The van der Waals surface area contributed by atoms with Gasteiger partial charge >= 0.3 is 0 Å². The van der Waals surface area contributed by atoms with Gasteiger partial charge in [0, 0.05) is 11.5 Å². The maximum absolute atomic E-state index is 14.1. The molecule has 0 aliphatic heterocycles.